The largest absolute Gasteiger partial charge is 0.396 e. The molecule has 0 bridgehead atoms. The van der Waals surface area contributed by atoms with Gasteiger partial charge in [-0.05, 0) is 26.7 Å². The second-order valence-electron chi connectivity index (χ2n) is 3.25. The van der Waals surface area contributed by atoms with Gasteiger partial charge < -0.3 is 10.0 Å². The highest BCUT2D eigenvalue weighted by Crippen LogP contribution is 2.00. The van der Waals surface area contributed by atoms with Gasteiger partial charge in [0.15, 0.2) is 0 Å². The van der Waals surface area contributed by atoms with E-state index in [9.17, 15) is 4.39 Å². The summed E-state index contributed by atoms with van der Waals surface area (Å²) in [5, 5.41) is 8.62. The predicted molar refractivity (Wildman–Crippen MR) is 49.0 cm³/mol. The van der Waals surface area contributed by atoms with Crippen molar-refractivity contribution in [3.8, 4) is 0 Å². The van der Waals surface area contributed by atoms with Crippen molar-refractivity contribution in [3.63, 3.8) is 0 Å². The smallest absolute Gasteiger partial charge is 0.0906 e. The van der Waals surface area contributed by atoms with Crippen LogP contribution >= 0.6 is 0 Å². The minimum atomic E-state index is -0.248. The molecule has 0 saturated heterocycles. The molecule has 0 heterocycles. The van der Waals surface area contributed by atoms with Crippen LogP contribution in [0.25, 0.3) is 0 Å². The van der Waals surface area contributed by atoms with E-state index in [1.54, 1.807) is 0 Å². The fraction of sp³-hybridized carbons (Fsp3) is 1.00. The monoisotopic (exact) mass is 177 g/mol. The van der Waals surface area contributed by atoms with Crippen LogP contribution in [0, 0.1) is 0 Å². The molecule has 2 nitrogen and oxygen atoms in total. The molecule has 0 amide bonds. The number of nitrogens with zero attached hydrogens (tertiary/aromatic N) is 1. The van der Waals surface area contributed by atoms with Gasteiger partial charge >= 0.3 is 0 Å². The van der Waals surface area contributed by atoms with Gasteiger partial charge in [0.2, 0.25) is 0 Å². The third-order valence-corrected chi connectivity index (χ3v) is 1.91. The third kappa shape index (κ3) is 5.49. The van der Waals surface area contributed by atoms with E-state index >= 15 is 0 Å². The molecule has 0 rings (SSSR count). The summed E-state index contributed by atoms with van der Waals surface area (Å²) in [6, 6.07) is 0.447. The van der Waals surface area contributed by atoms with Crippen LogP contribution in [0.1, 0.15) is 26.7 Å². The summed E-state index contributed by atoms with van der Waals surface area (Å²) in [6.45, 7) is 5.83. The van der Waals surface area contributed by atoms with E-state index in [0.29, 0.717) is 12.5 Å². The molecule has 0 aliphatic carbocycles. The molecule has 0 aromatic carbocycles. The van der Waals surface area contributed by atoms with Crippen molar-refractivity contribution in [2.45, 2.75) is 32.7 Å². The van der Waals surface area contributed by atoms with Crippen molar-refractivity contribution >= 4 is 0 Å². The molecule has 3 heteroatoms. The summed E-state index contributed by atoms with van der Waals surface area (Å²) < 4.78 is 11.9. The first kappa shape index (κ1) is 11.8. The molecule has 0 saturated carbocycles. The summed E-state index contributed by atoms with van der Waals surface area (Å²) in [7, 11) is 0. The summed E-state index contributed by atoms with van der Waals surface area (Å²) in [4.78, 5) is 2.19. The lowest BCUT2D eigenvalue weighted by Gasteiger charge is -2.25. The van der Waals surface area contributed by atoms with Crippen molar-refractivity contribution in [1.82, 2.24) is 4.90 Å². The molecular weight excluding hydrogens is 157 g/mol. The molecule has 0 atom stereocenters. The minimum Gasteiger partial charge on any atom is -0.396 e. The van der Waals surface area contributed by atoms with Crippen LogP contribution in [0.4, 0.5) is 4.39 Å². The third-order valence-electron chi connectivity index (χ3n) is 1.91. The maximum absolute atomic E-state index is 11.9. The van der Waals surface area contributed by atoms with Gasteiger partial charge in [-0.1, -0.05) is 0 Å². The Kier molecular flexibility index (Phi) is 7.40. The SMILES string of the molecule is CC(C)N(CCCO)CCCF. The normalized spacial score (nSPS) is 11.5. The number of alkyl halides is 1. The Labute approximate surface area is 74.4 Å². The molecule has 0 radical (unpaired) electrons. The Hall–Kier alpha value is -0.150. The second-order valence-corrected chi connectivity index (χ2v) is 3.25. The maximum atomic E-state index is 11.9. The molecule has 1 N–H and O–H groups in total. The van der Waals surface area contributed by atoms with Crippen molar-refractivity contribution in [3.05, 3.63) is 0 Å². The highest BCUT2D eigenvalue weighted by Gasteiger charge is 2.07. The topological polar surface area (TPSA) is 23.5 Å². The molecule has 0 fully saturated rings. The van der Waals surface area contributed by atoms with Crippen molar-refractivity contribution in [2.24, 2.45) is 0 Å². The van der Waals surface area contributed by atoms with Crippen LogP contribution in [0.15, 0.2) is 0 Å². The first-order valence-corrected chi connectivity index (χ1v) is 4.63. The van der Waals surface area contributed by atoms with Crippen LogP contribution < -0.4 is 0 Å². The van der Waals surface area contributed by atoms with Gasteiger partial charge in [0.25, 0.3) is 0 Å². The Morgan fingerprint density at radius 1 is 1.25 bits per heavy atom. The average molecular weight is 177 g/mol. The number of halogens is 1. The fourth-order valence-electron chi connectivity index (χ4n) is 1.16. The molecule has 0 unspecified atom stereocenters. The lowest BCUT2D eigenvalue weighted by atomic mass is 10.2. The quantitative estimate of drug-likeness (QED) is 0.636. The van der Waals surface area contributed by atoms with Gasteiger partial charge in [-0.15, -0.1) is 0 Å². The maximum Gasteiger partial charge on any atom is 0.0906 e. The molecule has 0 aromatic heterocycles. The van der Waals surface area contributed by atoms with Crippen LogP contribution in [0.2, 0.25) is 0 Å². The first-order chi connectivity index (χ1) is 5.72. The molecule has 0 aromatic rings. The lowest BCUT2D eigenvalue weighted by Crippen LogP contribution is -2.33. The number of hydrogen-bond acceptors (Lipinski definition) is 2. The Morgan fingerprint density at radius 3 is 2.25 bits per heavy atom. The van der Waals surface area contributed by atoms with Crippen LogP contribution in [-0.4, -0.2) is 42.4 Å². The van der Waals surface area contributed by atoms with Gasteiger partial charge in [-0.25, -0.2) is 0 Å². The lowest BCUT2D eigenvalue weighted by molar-refractivity contribution is 0.185. The van der Waals surface area contributed by atoms with E-state index in [4.69, 9.17) is 5.11 Å². The minimum absolute atomic E-state index is 0.221. The zero-order valence-corrected chi connectivity index (χ0v) is 8.09. The van der Waals surface area contributed by atoms with E-state index in [2.05, 4.69) is 18.7 Å². The van der Waals surface area contributed by atoms with E-state index in [1.807, 2.05) is 0 Å². The van der Waals surface area contributed by atoms with Crippen LogP contribution in [0.5, 0.6) is 0 Å². The van der Waals surface area contributed by atoms with Gasteiger partial charge in [0, 0.05) is 25.7 Å². The molecule has 74 valence electrons. The predicted octanol–water partition coefficient (Wildman–Crippen LogP) is 1.44. The molecule has 0 aliphatic rings. The van der Waals surface area contributed by atoms with Gasteiger partial charge in [0.1, 0.15) is 0 Å². The van der Waals surface area contributed by atoms with E-state index in [1.165, 1.54) is 0 Å². The molecule has 12 heavy (non-hydrogen) atoms. The number of aliphatic hydroxyl groups is 1. The Balaban J connectivity index is 3.55. The summed E-state index contributed by atoms with van der Waals surface area (Å²) in [5.74, 6) is 0. The van der Waals surface area contributed by atoms with Crippen molar-refractivity contribution in [1.29, 1.82) is 0 Å². The Bertz CT molecular complexity index is 90.5. The second kappa shape index (κ2) is 7.50. The zero-order valence-electron chi connectivity index (χ0n) is 8.09. The molecule has 0 aliphatic heterocycles. The van der Waals surface area contributed by atoms with Gasteiger partial charge in [-0.2, -0.15) is 0 Å². The molecule has 0 spiro atoms. The highest BCUT2D eigenvalue weighted by molar-refractivity contribution is 4.62. The zero-order chi connectivity index (χ0) is 9.40. The fourth-order valence-corrected chi connectivity index (χ4v) is 1.16. The van der Waals surface area contributed by atoms with Crippen LogP contribution in [-0.2, 0) is 0 Å². The summed E-state index contributed by atoms with van der Waals surface area (Å²) >= 11 is 0. The van der Waals surface area contributed by atoms with Crippen molar-refractivity contribution < 1.29 is 9.50 Å². The highest BCUT2D eigenvalue weighted by atomic mass is 19.1. The first-order valence-electron chi connectivity index (χ1n) is 4.63. The average Bonchev–Trinajstić information content (AvgIpc) is 2.04. The van der Waals surface area contributed by atoms with E-state index in [0.717, 1.165) is 19.5 Å². The number of rotatable bonds is 7. The summed E-state index contributed by atoms with van der Waals surface area (Å²) in [5.41, 5.74) is 0. The summed E-state index contributed by atoms with van der Waals surface area (Å²) in [6.07, 6.45) is 1.38. The standard InChI is InChI=1S/C9H20FNO/c1-9(2)11(6-3-5-10)7-4-8-12/h9,12H,3-8H2,1-2H3. The van der Waals surface area contributed by atoms with E-state index < -0.39 is 0 Å². The molecular formula is C9H20FNO. The Morgan fingerprint density at radius 2 is 1.83 bits per heavy atom. The van der Waals surface area contributed by atoms with E-state index in [-0.39, 0.29) is 13.3 Å². The van der Waals surface area contributed by atoms with Gasteiger partial charge in [0.05, 0.1) is 6.67 Å². The number of aliphatic hydroxyl groups excluding tert-OH is 1. The number of hydrogen-bond donors (Lipinski definition) is 1. The van der Waals surface area contributed by atoms with Crippen molar-refractivity contribution in [2.75, 3.05) is 26.4 Å². The van der Waals surface area contributed by atoms with Gasteiger partial charge in [-0.3, -0.25) is 4.39 Å². The van der Waals surface area contributed by atoms with Crippen LogP contribution in [0.3, 0.4) is 0 Å².